The van der Waals surface area contributed by atoms with Crippen molar-refractivity contribution >= 4 is 17.7 Å². The number of aliphatic carboxylic acids is 1. The molecule has 1 aromatic rings. The zero-order valence-corrected chi connectivity index (χ0v) is 11.2. The maximum Gasteiger partial charge on any atom is 0.328 e. The van der Waals surface area contributed by atoms with Gasteiger partial charge in [-0.3, -0.25) is 4.90 Å². The molecule has 0 saturated carbocycles. The maximum absolute atomic E-state index is 11.9. The Labute approximate surface area is 111 Å². The van der Waals surface area contributed by atoms with Crippen LogP contribution in [0.4, 0.5) is 10.5 Å². The second-order valence-corrected chi connectivity index (χ2v) is 4.37. The molecule has 0 fully saturated rings. The molecule has 0 aromatic heterocycles. The summed E-state index contributed by atoms with van der Waals surface area (Å²) in [4.78, 5) is 24.0. The number of aliphatic hydroxyl groups is 1. The number of anilines is 1. The number of carboxylic acid groups (broad SMARTS) is 1. The van der Waals surface area contributed by atoms with E-state index in [4.69, 9.17) is 10.2 Å². The normalized spacial score (nSPS) is 11.8. The average Bonchev–Trinajstić information content (AvgIpc) is 2.34. The standard InChI is InChI=1S/C13H18N2O4/c1-8-4-5-11(9(2)6-8)15(3)13(19)14-10(7-16)12(17)18/h4-6,10,16H,7H2,1-3H3,(H,14,19)(H,17,18). The van der Waals surface area contributed by atoms with Crippen molar-refractivity contribution in [1.29, 1.82) is 0 Å². The van der Waals surface area contributed by atoms with Crippen molar-refractivity contribution in [3.63, 3.8) is 0 Å². The van der Waals surface area contributed by atoms with Gasteiger partial charge in [0, 0.05) is 12.7 Å². The van der Waals surface area contributed by atoms with E-state index in [1.54, 1.807) is 13.1 Å². The predicted octanol–water partition coefficient (Wildman–Crippen LogP) is 0.895. The van der Waals surface area contributed by atoms with Crippen molar-refractivity contribution in [3.8, 4) is 0 Å². The van der Waals surface area contributed by atoms with Gasteiger partial charge in [0.15, 0.2) is 6.04 Å². The van der Waals surface area contributed by atoms with Gasteiger partial charge in [-0.15, -0.1) is 0 Å². The van der Waals surface area contributed by atoms with Gasteiger partial charge in [0.25, 0.3) is 0 Å². The fraction of sp³-hybridized carbons (Fsp3) is 0.385. The Bertz CT molecular complexity index is 488. The fourth-order valence-electron chi connectivity index (χ4n) is 1.72. The van der Waals surface area contributed by atoms with Crippen LogP contribution < -0.4 is 10.2 Å². The third kappa shape index (κ3) is 3.69. The Kier molecular flexibility index (Phi) is 4.88. The molecule has 0 saturated heterocycles. The first-order valence-electron chi connectivity index (χ1n) is 5.82. The molecule has 6 nitrogen and oxygen atoms in total. The SMILES string of the molecule is Cc1ccc(N(C)C(=O)NC(CO)C(=O)O)c(C)c1. The highest BCUT2D eigenvalue weighted by Crippen LogP contribution is 2.19. The van der Waals surface area contributed by atoms with Crippen LogP contribution in [0.25, 0.3) is 0 Å². The van der Waals surface area contributed by atoms with Crippen LogP contribution in [-0.2, 0) is 4.79 Å². The van der Waals surface area contributed by atoms with Gasteiger partial charge in [0.05, 0.1) is 6.61 Å². The van der Waals surface area contributed by atoms with Crippen molar-refractivity contribution in [2.24, 2.45) is 0 Å². The van der Waals surface area contributed by atoms with Crippen LogP contribution in [0.15, 0.2) is 18.2 Å². The van der Waals surface area contributed by atoms with Gasteiger partial charge in [-0.05, 0) is 25.5 Å². The molecule has 6 heteroatoms. The number of aryl methyl sites for hydroxylation is 2. The van der Waals surface area contributed by atoms with Gasteiger partial charge < -0.3 is 15.5 Å². The number of carboxylic acids is 1. The summed E-state index contributed by atoms with van der Waals surface area (Å²) in [5, 5.41) is 19.9. The van der Waals surface area contributed by atoms with E-state index >= 15 is 0 Å². The van der Waals surface area contributed by atoms with Crippen LogP contribution >= 0.6 is 0 Å². The Morgan fingerprint density at radius 3 is 2.47 bits per heavy atom. The summed E-state index contributed by atoms with van der Waals surface area (Å²) in [7, 11) is 1.54. The molecular formula is C13H18N2O4. The predicted molar refractivity (Wildman–Crippen MR) is 71.4 cm³/mol. The lowest BCUT2D eigenvalue weighted by molar-refractivity contribution is -0.140. The molecular weight excluding hydrogens is 248 g/mol. The molecule has 3 N–H and O–H groups in total. The molecule has 0 heterocycles. The summed E-state index contributed by atoms with van der Waals surface area (Å²) in [6.45, 7) is 3.16. The zero-order valence-electron chi connectivity index (χ0n) is 11.2. The maximum atomic E-state index is 11.9. The molecule has 0 radical (unpaired) electrons. The van der Waals surface area contributed by atoms with E-state index in [1.807, 2.05) is 26.0 Å². The number of nitrogens with one attached hydrogen (secondary N) is 1. The Balaban J connectivity index is 2.84. The highest BCUT2D eigenvalue weighted by molar-refractivity contribution is 5.94. The molecule has 2 amide bonds. The number of benzene rings is 1. The third-order valence-electron chi connectivity index (χ3n) is 2.80. The smallest absolute Gasteiger partial charge is 0.328 e. The number of urea groups is 1. The minimum absolute atomic E-state index is 0.576. The number of carbonyl (C=O) groups excluding carboxylic acids is 1. The quantitative estimate of drug-likeness (QED) is 0.755. The van der Waals surface area contributed by atoms with Gasteiger partial charge in [-0.2, -0.15) is 0 Å². The van der Waals surface area contributed by atoms with Crippen LogP contribution in [0.1, 0.15) is 11.1 Å². The van der Waals surface area contributed by atoms with Crippen molar-refractivity contribution < 1.29 is 19.8 Å². The molecule has 0 bridgehead atoms. The molecule has 104 valence electrons. The summed E-state index contributed by atoms with van der Waals surface area (Å²) in [5.74, 6) is -1.27. The van der Waals surface area contributed by atoms with E-state index in [0.29, 0.717) is 5.69 Å². The van der Waals surface area contributed by atoms with E-state index in [1.165, 1.54) is 4.90 Å². The highest BCUT2D eigenvalue weighted by Gasteiger charge is 2.21. The first-order chi connectivity index (χ1) is 8.86. The lowest BCUT2D eigenvalue weighted by Gasteiger charge is -2.22. The lowest BCUT2D eigenvalue weighted by atomic mass is 10.1. The van der Waals surface area contributed by atoms with E-state index in [-0.39, 0.29) is 0 Å². The first kappa shape index (κ1) is 15.0. The molecule has 0 aliphatic heterocycles. The van der Waals surface area contributed by atoms with Crippen LogP contribution in [0, 0.1) is 13.8 Å². The van der Waals surface area contributed by atoms with Crippen LogP contribution in [0.5, 0.6) is 0 Å². The van der Waals surface area contributed by atoms with Crippen molar-refractivity contribution in [1.82, 2.24) is 5.32 Å². The van der Waals surface area contributed by atoms with E-state index < -0.39 is 24.6 Å². The summed E-state index contributed by atoms with van der Waals surface area (Å²) in [6.07, 6.45) is 0. The molecule has 1 aromatic carbocycles. The minimum atomic E-state index is -1.30. The number of amides is 2. The summed E-state index contributed by atoms with van der Waals surface area (Å²) in [5.41, 5.74) is 2.67. The molecule has 0 aliphatic carbocycles. The summed E-state index contributed by atoms with van der Waals surface area (Å²) >= 11 is 0. The van der Waals surface area contributed by atoms with Crippen molar-refractivity contribution in [2.75, 3.05) is 18.6 Å². The molecule has 0 aliphatic rings. The van der Waals surface area contributed by atoms with Gasteiger partial charge >= 0.3 is 12.0 Å². The van der Waals surface area contributed by atoms with Crippen LogP contribution in [0.2, 0.25) is 0 Å². The largest absolute Gasteiger partial charge is 0.480 e. The first-order valence-corrected chi connectivity index (χ1v) is 5.82. The zero-order chi connectivity index (χ0) is 14.6. The second-order valence-electron chi connectivity index (χ2n) is 4.37. The average molecular weight is 266 g/mol. The summed E-state index contributed by atoms with van der Waals surface area (Å²) in [6, 6.07) is 3.71. The number of carbonyl (C=O) groups is 2. The van der Waals surface area contributed by atoms with E-state index in [2.05, 4.69) is 5.32 Å². The van der Waals surface area contributed by atoms with Crippen molar-refractivity contribution in [3.05, 3.63) is 29.3 Å². The van der Waals surface area contributed by atoms with E-state index in [9.17, 15) is 9.59 Å². The Hall–Kier alpha value is -2.08. The number of nitrogens with zero attached hydrogens (tertiary/aromatic N) is 1. The molecule has 1 unspecified atom stereocenters. The van der Waals surface area contributed by atoms with Crippen LogP contribution in [-0.4, -0.2) is 41.9 Å². The number of hydrogen-bond acceptors (Lipinski definition) is 3. The number of rotatable bonds is 4. The van der Waals surface area contributed by atoms with Gasteiger partial charge in [0.2, 0.25) is 0 Å². The highest BCUT2D eigenvalue weighted by atomic mass is 16.4. The van der Waals surface area contributed by atoms with Gasteiger partial charge in [-0.25, -0.2) is 9.59 Å². The van der Waals surface area contributed by atoms with Crippen molar-refractivity contribution in [2.45, 2.75) is 19.9 Å². The van der Waals surface area contributed by atoms with Gasteiger partial charge in [0.1, 0.15) is 0 Å². The molecule has 1 atom stereocenters. The van der Waals surface area contributed by atoms with E-state index in [0.717, 1.165) is 11.1 Å². The Morgan fingerprint density at radius 2 is 2.00 bits per heavy atom. The lowest BCUT2D eigenvalue weighted by Crippen LogP contribution is -2.48. The third-order valence-corrected chi connectivity index (χ3v) is 2.80. The number of hydrogen-bond donors (Lipinski definition) is 3. The van der Waals surface area contributed by atoms with Gasteiger partial charge in [-0.1, -0.05) is 17.7 Å². The second kappa shape index (κ2) is 6.19. The topological polar surface area (TPSA) is 89.9 Å². The fourth-order valence-corrected chi connectivity index (χ4v) is 1.72. The molecule has 0 spiro atoms. The minimum Gasteiger partial charge on any atom is -0.480 e. The Morgan fingerprint density at radius 1 is 1.37 bits per heavy atom. The monoisotopic (exact) mass is 266 g/mol. The van der Waals surface area contributed by atoms with Crippen LogP contribution in [0.3, 0.4) is 0 Å². The molecule has 1 rings (SSSR count). The number of aliphatic hydroxyl groups excluding tert-OH is 1. The summed E-state index contributed by atoms with van der Waals surface area (Å²) < 4.78 is 0. The molecule has 19 heavy (non-hydrogen) atoms.